The van der Waals surface area contributed by atoms with Gasteiger partial charge in [-0.15, -0.1) is 0 Å². The fourth-order valence-corrected chi connectivity index (χ4v) is 3.04. The van der Waals surface area contributed by atoms with E-state index in [9.17, 15) is 14.4 Å². The van der Waals surface area contributed by atoms with Gasteiger partial charge in [0.15, 0.2) is 0 Å². The third-order valence-electron chi connectivity index (χ3n) is 4.51. The minimum absolute atomic E-state index is 0.197. The van der Waals surface area contributed by atoms with E-state index in [1.165, 1.54) is 0 Å². The summed E-state index contributed by atoms with van der Waals surface area (Å²) in [7, 11) is 0. The zero-order chi connectivity index (χ0) is 19.8. The summed E-state index contributed by atoms with van der Waals surface area (Å²) in [6.45, 7) is 6.47. The average molecular weight is 374 g/mol. The minimum Gasteiger partial charge on any atom is -0.353 e. The van der Waals surface area contributed by atoms with Gasteiger partial charge in [-0.25, -0.2) is 0 Å². The molecule has 0 aliphatic carbocycles. The Hall–Kier alpha value is -2.41. The molecule has 7 nitrogen and oxygen atoms in total. The van der Waals surface area contributed by atoms with E-state index in [4.69, 9.17) is 0 Å². The molecule has 0 spiro atoms. The van der Waals surface area contributed by atoms with Crippen LogP contribution in [0.3, 0.4) is 0 Å². The van der Waals surface area contributed by atoms with E-state index in [0.717, 1.165) is 5.56 Å². The summed E-state index contributed by atoms with van der Waals surface area (Å²) in [6, 6.07) is 7.88. The van der Waals surface area contributed by atoms with Crippen LogP contribution < -0.4 is 21.3 Å². The first-order valence-electron chi connectivity index (χ1n) is 9.52. The van der Waals surface area contributed by atoms with Gasteiger partial charge in [0.1, 0.15) is 12.1 Å². The highest BCUT2D eigenvalue weighted by Crippen LogP contribution is 2.07. The van der Waals surface area contributed by atoms with Gasteiger partial charge in [0.25, 0.3) is 0 Å². The summed E-state index contributed by atoms with van der Waals surface area (Å²) in [6.07, 6.45) is 1.05. The predicted molar refractivity (Wildman–Crippen MR) is 104 cm³/mol. The second-order valence-electron chi connectivity index (χ2n) is 7.41. The van der Waals surface area contributed by atoms with E-state index in [0.29, 0.717) is 25.9 Å². The molecule has 0 bridgehead atoms. The van der Waals surface area contributed by atoms with Crippen molar-refractivity contribution < 1.29 is 14.4 Å². The van der Waals surface area contributed by atoms with Crippen LogP contribution in [0.15, 0.2) is 30.3 Å². The van der Waals surface area contributed by atoms with E-state index in [1.54, 1.807) is 6.92 Å². The first-order valence-corrected chi connectivity index (χ1v) is 9.52. The number of hydrogen-bond acceptors (Lipinski definition) is 4. The summed E-state index contributed by atoms with van der Waals surface area (Å²) in [5, 5.41) is 11.6. The van der Waals surface area contributed by atoms with Crippen molar-refractivity contribution >= 4 is 17.7 Å². The maximum absolute atomic E-state index is 12.7. The van der Waals surface area contributed by atoms with E-state index in [2.05, 4.69) is 21.3 Å². The third-order valence-corrected chi connectivity index (χ3v) is 4.51. The number of carbonyl (C=O) groups excluding carboxylic acids is 3. The van der Waals surface area contributed by atoms with Crippen LogP contribution in [-0.4, -0.2) is 48.9 Å². The first-order chi connectivity index (χ1) is 12.9. The fraction of sp³-hybridized carbons (Fsp3) is 0.550. The third kappa shape index (κ3) is 6.67. The summed E-state index contributed by atoms with van der Waals surface area (Å²) in [4.78, 5) is 37.5. The van der Waals surface area contributed by atoms with Crippen molar-refractivity contribution in [3.63, 3.8) is 0 Å². The lowest BCUT2D eigenvalue weighted by Gasteiger charge is -2.26. The molecule has 3 amide bonds. The molecule has 0 unspecified atom stereocenters. The molecule has 1 heterocycles. The topological polar surface area (TPSA) is 99.3 Å². The van der Waals surface area contributed by atoms with Crippen molar-refractivity contribution in [2.75, 3.05) is 13.1 Å². The number of benzene rings is 1. The fourth-order valence-electron chi connectivity index (χ4n) is 3.04. The van der Waals surface area contributed by atoms with Crippen LogP contribution in [0.2, 0.25) is 0 Å². The van der Waals surface area contributed by atoms with Crippen LogP contribution in [-0.2, 0) is 20.8 Å². The Labute approximate surface area is 160 Å². The Balaban J connectivity index is 2.10. The van der Waals surface area contributed by atoms with Gasteiger partial charge < -0.3 is 21.3 Å². The second kappa shape index (κ2) is 10.1. The molecule has 1 saturated heterocycles. The van der Waals surface area contributed by atoms with Crippen LogP contribution >= 0.6 is 0 Å². The Morgan fingerprint density at radius 2 is 1.63 bits per heavy atom. The smallest absolute Gasteiger partial charge is 0.242 e. The van der Waals surface area contributed by atoms with Gasteiger partial charge in [0, 0.05) is 13.1 Å². The molecule has 27 heavy (non-hydrogen) atoms. The highest BCUT2D eigenvalue weighted by Gasteiger charge is 2.28. The lowest BCUT2D eigenvalue weighted by Crippen LogP contribution is -2.58. The molecule has 0 saturated carbocycles. The molecule has 1 fully saturated rings. The van der Waals surface area contributed by atoms with Crippen molar-refractivity contribution in [1.29, 1.82) is 0 Å². The number of carbonyl (C=O) groups is 3. The molecule has 1 aliphatic rings. The summed E-state index contributed by atoms with van der Waals surface area (Å²) in [5.41, 5.74) is 1.02. The van der Waals surface area contributed by atoms with Crippen molar-refractivity contribution in [3.05, 3.63) is 35.9 Å². The molecule has 7 heteroatoms. The van der Waals surface area contributed by atoms with Crippen LogP contribution in [0.5, 0.6) is 0 Å². The largest absolute Gasteiger partial charge is 0.353 e. The van der Waals surface area contributed by atoms with Gasteiger partial charge in [0.2, 0.25) is 17.7 Å². The van der Waals surface area contributed by atoms with Crippen LogP contribution in [0.1, 0.15) is 32.8 Å². The normalized spacial score (nSPS) is 25.0. The molecule has 0 radical (unpaired) electrons. The lowest BCUT2D eigenvalue weighted by molar-refractivity contribution is -0.132. The van der Waals surface area contributed by atoms with Gasteiger partial charge in [-0.05, 0) is 31.2 Å². The number of nitrogens with one attached hydrogen (secondary N) is 4. The zero-order valence-electron chi connectivity index (χ0n) is 16.2. The summed E-state index contributed by atoms with van der Waals surface area (Å²) < 4.78 is 0. The van der Waals surface area contributed by atoms with Crippen molar-refractivity contribution in [2.24, 2.45) is 5.92 Å². The predicted octanol–water partition coefficient (Wildman–Crippen LogP) is 0.353. The number of amides is 3. The molecule has 148 valence electrons. The maximum atomic E-state index is 12.7. The first kappa shape index (κ1) is 20.9. The quantitative estimate of drug-likeness (QED) is 0.611. The lowest BCUT2D eigenvalue weighted by atomic mass is 10.0. The highest BCUT2D eigenvalue weighted by molar-refractivity contribution is 5.93. The van der Waals surface area contributed by atoms with Crippen molar-refractivity contribution in [2.45, 2.75) is 51.7 Å². The van der Waals surface area contributed by atoms with Gasteiger partial charge in [0.05, 0.1) is 6.04 Å². The molecule has 4 N–H and O–H groups in total. The number of hydrogen-bond donors (Lipinski definition) is 4. The summed E-state index contributed by atoms with van der Waals surface area (Å²) in [5.74, 6) is -0.526. The van der Waals surface area contributed by atoms with Gasteiger partial charge in [-0.1, -0.05) is 44.2 Å². The monoisotopic (exact) mass is 374 g/mol. The van der Waals surface area contributed by atoms with Crippen molar-refractivity contribution in [3.8, 4) is 0 Å². The minimum atomic E-state index is -0.723. The Bertz CT molecular complexity index is 648. The maximum Gasteiger partial charge on any atom is 0.242 e. The molecule has 3 atom stereocenters. The average Bonchev–Trinajstić information content (AvgIpc) is 2.62. The van der Waals surface area contributed by atoms with Crippen LogP contribution in [0, 0.1) is 5.92 Å². The van der Waals surface area contributed by atoms with E-state index in [-0.39, 0.29) is 23.6 Å². The second-order valence-corrected chi connectivity index (χ2v) is 7.41. The van der Waals surface area contributed by atoms with Crippen LogP contribution in [0.25, 0.3) is 0 Å². The Kier molecular flexibility index (Phi) is 7.79. The molecular formula is C20H30N4O3. The van der Waals surface area contributed by atoms with Gasteiger partial charge in [-0.3, -0.25) is 14.4 Å². The van der Waals surface area contributed by atoms with E-state index < -0.39 is 18.1 Å². The molecule has 1 aromatic carbocycles. The van der Waals surface area contributed by atoms with Gasteiger partial charge >= 0.3 is 0 Å². The Morgan fingerprint density at radius 3 is 2.30 bits per heavy atom. The molecule has 0 aromatic heterocycles. The number of rotatable bonds is 4. The highest BCUT2D eigenvalue weighted by atomic mass is 16.2. The van der Waals surface area contributed by atoms with Crippen LogP contribution in [0.4, 0.5) is 0 Å². The van der Waals surface area contributed by atoms with Crippen molar-refractivity contribution in [1.82, 2.24) is 21.3 Å². The standard InChI is InChI=1S/C20H30N4O3/c1-13(2)11-17-19(26)22-10-9-21-16(12-15-7-5-4-6-8-15)20(27)23-14(3)18(25)24-17/h4-8,13-14,16-17,21H,9-12H2,1-3H3,(H,22,26)(H,23,27)(H,24,25)/t14-,16-,17-/m0/s1. The molecule has 1 aromatic rings. The molecule has 2 rings (SSSR count). The summed E-state index contributed by atoms with van der Waals surface area (Å²) >= 11 is 0. The van der Waals surface area contributed by atoms with E-state index in [1.807, 2.05) is 44.2 Å². The SMILES string of the molecule is CC(C)C[C@@H]1NC(=O)[C@H](C)NC(=O)[C@H](Cc2ccccc2)NCCNC1=O. The Morgan fingerprint density at radius 1 is 0.926 bits per heavy atom. The zero-order valence-corrected chi connectivity index (χ0v) is 16.2. The molecular weight excluding hydrogens is 344 g/mol. The van der Waals surface area contributed by atoms with Gasteiger partial charge in [-0.2, -0.15) is 0 Å². The van der Waals surface area contributed by atoms with E-state index >= 15 is 0 Å². The molecule has 1 aliphatic heterocycles.